The molecular formula is C20H18ClNO2. The Morgan fingerprint density at radius 3 is 2.88 bits per heavy atom. The van der Waals surface area contributed by atoms with Gasteiger partial charge in [0.05, 0.1) is 11.6 Å². The molecule has 0 radical (unpaired) electrons. The summed E-state index contributed by atoms with van der Waals surface area (Å²) in [4.78, 5) is 11.7. The van der Waals surface area contributed by atoms with Crippen LogP contribution in [0, 0.1) is 12.8 Å². The molecule has 0 aromatic heterocycles. The Balaban J connectivity index is 1.88. The topological polar surface area (TPSA) is 49.3 Å². The summed E-state index contributed by atoms with van der Waals surface area (Å²) in [7, 11) is 0. The zero-order chi connectivity index (χ0) is 16.8. The van der Waals surface area contributed by atoms with Gasteiger partial charge in [0.1, 0.15) is 0 Å². The minimum Gasteiger partial charge on any atom is -0.478 e. The zero-order valence-electron chi connectivity index (χ0n) is 13.3. The van der Waals surface area contributed by atoms with E-state index in [9.17, 15) is 9.90 Å². The minimum atomic E-state index is -0.867. The number of nitrogens with one attached hydrogen (secondary N) is 1. The molecule has 3 atom stereocenters. The van der Waals surface area contributed by atoms with Gasteiger partial charge in [-0.05, 0) is 54.2 Å². The first kappa shape index (κ1) is 15.3. The van der Waals surface area contributed by atoms with Crippen LogP contribution in [0.1, 0.15) is 45.4 Å². The number of aromatic carboxylic acids is 1. The zero-order valence-corrected chi connectivity index (χ0v) is 14.0. The first-order chi connectivity index (χ1) is 11.6. The van der Waals surface area contributed by atoms with E-state index in [1.165, 1.54) is 0 Å². The molecule has 1 heterocycles. The van der Waals surface area contributed by atoms with E-state index in [1.54, 1.807) is 6.07 Å². The van der Waals surface area contributed by atoms with Crippen LogP contribution in [0.15, 0.2) is 48.6 Å². The van der Waals surface area contributed by atoms with E-state index in [4.69, 9.17) is 11.6 Å². The predicted octanol–water partition coefficient (Wildman–Crippen LogP) is 5.17. The first-order valence-corrected chi connectivity index (χ1v) is 8.49. The number of aryl methyl sites for hydroxylation is 1. The quantitative estimate of drug-likeness (QED) is 0.742. The molecule has 0 fully saturated rings. The molecule has 2 N–H and O–H groups in total. The maximum Gasteiger partial charge on any atom is 0.336 e. The lowest BCUT2D eigenvalue weighted by molar-refractivity contribution is 0.0695. The van der Waals surface area contributed by atoms with Crippen molar-refractivity contribution in [2.75, 3.05) is 5.32 Å². The van der Waals surface area contributed by atoms with E-state index in [0.717, 1.165) is 33.8 Å². The molecule has 0 bridgehead atoms. The lowest BCUT2D eigenvalue weighted by Crippen LogP contribution is -2.31. The number of rotatable bonds is 2. The van der Waals surface area contributed by atoms with E-state index in [1.807, 2.05) is 31.2 Å². The Bertz CT molecular complexity index is 859. The monoisotopic (exact) mass is 339 g/mol. The molecule has 4 heteroatoms. The van der Waals surface area contributed by atoms with Crippen LogP contribution < -0.4 is 5.32 Å². The Kier molecular flexibility index (Phi) is 3.61. The predicted molar refractivity (Wildman–Crippen MR) is 95.9 cm³/mol. The second-order valence-corrected chi connectivity index (χ2v) is 6.99. The Hall–Kier alpha value is -2.26. The van der Waals surface area contributed by atoms with Crippen LogP contribution in [0.5, 0.6) is 0 Å². The molecule has 2 aromatic carbocycles. The molecule has 0 saturated carbocycles. The van der Waals surface area contributed by atoms with Gasteiger partial charge >= 0.3 is 5.97 Å². The molecular weight excluding hydrogens is 322 g/mol. The number of carboxylic acid groups (broad SMARTS) is 1. The summed E-state index contributed by atoms with van der Waals surface area (Å²) in [5.41, 5.74) is 4.48. The average Bonchev–Trinajstić information content (AvgIpc) is 3.04. The third-order valence-corrected chi connectivity index (χ3v) is 5.40. The molecule has 0 spiro atoms. The smallest absolute Gasteiger partial charge is 0.336 e. The lowest BCUT2D eigenvalue weighted by atomic mass is 9.75. The van der Waals surface area contributed by atoms with Gasteiger partial charge in [0.2, 0.25) is 0 Å². The van der Waals surface area contributed by atoms with Gasteiger partial charge in [0.15, 0.2) is 0 Å². The third kappa shape index (κ3) is 2.31. The molecule has 0 saturated heterocycles. The number of hydrogen-bond acceptors (Lipinski definition) is 2. The molecule has 2 aromatic rings. The van der Waals surface area contributed by atoms with Gasteiger partial charge in [0, 0.05) is 16.6 Å². The van der Waals surface area contributed by atoms with Gasteiger partial charge in [-0.1, -0.05) is 42.0 Å². The van der Waals surface area contributed by atoms with Crippen molar-refractivity contribution in [3.8, 4) is 0 Å². The number of carboxylic acids is 1. The molecule has 24 heavy (non-hydrogen) atoms. The molecule has 4 rings (SSSR count). The summed E-state index contributed by atoms with van der Waals surface area (Å²) in [6, 6.07) is 11.6. The standard InChI is InChI=1S/C20H18ClNO2/c1-11-8-9-16(20(23)24)17-14-6-3-7-15(14)19(22-18(11)17)12-4-2-5-13(21)10-12/h2-6,8-10,14-15,19,22H,7H2,1H3,(H,23,24)/t14-,15-,19+/m0/s1. The Morgan fingerprint density at radius 2 is 2.12 bits per heavy atom. The van der Waals surface area contributed by atoms with Gasteiger partial charge in [-0.25, -0.2) is 4.79 Å². The van der Waals surface area contributed by atoms with Crippen LogP contribution in [0.25, 0.3) is 0 Å². The van der Waals surface area contributed by atoms with E-state index in [2.05, 4.69) is 23.5 Å². The number of halogens is 1. The summed E-state index contributed by atoms with van der Waals surface area (Å²) in [6.45, 7) is 2.02. The van der Waals surface area contributed by atoms with Crippen molar-refractivity contribution in [1.29, 1.82) is 0 Å². The molecule has 122 valence electrons. The van der Waals surface area contributed by atoms with Crippen molar-refractivity contribution < 1.29 is 9.90 Å². The number of fused-ring (bicyclic) bond motifs is 3. The van der Waals surface area contributed by atoms with Crippen LogP contribution >= 0.6 is 11.6 Å². The van der Waals surface area contributed by atoms with E-state index < -0.39 is 5.97 Å². The number of allylic oxidation sites excluding steroid dienone is 2. The highest BCUT2D eigenvalue weighted by Gasteiger charge is 2.40. The summed E-state index contributed by atoms with van der Waals surface area (Å²) in [6.07, 6.45) is 5.26. The van der Waals surface area contributed by atoms with Crippen LogP contribution in [0.4, 0.5) is 5.69 Å². The highest BCUT2D eigenvalue weighted by molar-refractivity contribution is 6.30. The number of anilines is 1. The van der Waals surface area contributed by atoms with E-state index in [-0.39, 0.29) is 12.0 Å². The van der Waals surface area contributed by atoms with Crippen molar-refractivity contribution in [2.24, 2.45) is 5.92 Å². The summed E-state index contributed by atoms with van der Waals surface area (Å²) < 4.78 is 0. The normalized spacial score (nSPS) is 24.2. The van der Waals surface area contributed by atoms with Crippen molar-refractivity contribution in [3.63, 3.8) is 0 Å². The largest absolute Gasteiger partial charge is 0.478 e. The van der Waals surface area contributed by atoms with Gasteiger partial charge in [-0.15, -0.1) is 0 Å². The van der Waals surface area contributed by atoms with Crippen LogP contribution in [-0.4, -0.2) is 11.1 Å². The Labute approximate surface area is 146 Å². The fourth-order valence-electron chi connectivity index (χ4n) is 4.07. The number of carbonyl (C=O) groups is 1. The lowest BCUT2D eigenvalue weighted by Gasteiger charge is -2.39. The van der Waals surface area contributed by atoms with Gasteiger partial charge in [-0.2, -0.15) is 0 Å². The van der Waals surface area contributed by atoms with Gasteiger partial charge < -0.3 is 10.4 Å². The number of benzene rings is 2. The first-order valence-electron chi connectivity index (χ1n) is 8.11. The van der Waals surface area contributed by atoms with Gasteiger partial charge in [0.25, 0.3) is 0 Å². The van der Waals surface area contributed by atoms with Crippen molar-refractivity contribution >= 4 is 23.3 Å². The molecule has 0 unspecified atom stereocenters. The highest BCUT2D eigenvalue weighted by atomic mass is 35.5. The maximum absolute atomic E-state index is 11.7. The van der Waals surface area contributed by atoms with E-state index >= 15 is 0 Å². The summed E-state index contributed by atoms with van der Waals surface area (Å²) in [5, 5.41) is 13.9. The molecule has 0 amide bonds. The van der Waals surface area contributed by atoms with Crippen LogP contribution in [0.2, 0.25) is 5.02 Å². The fourth-order valence-corrected chi connectivity index (χ4v) is 4.27. The molecule has 2 aliphatic rings. The molecule has 1 aliphatic heterocycles. The third-order valence-electron chi connectivity index (χ3n) is 5.17. The van der Waals surface area contributed by atoms with Crippen LogP contribution in [-0.2, 0) is 0 Å². The van der Waals surface area contributed by atoms with Crippen molar-refractivity contribution in [1.82, 2.24) is 0 Å². The minimum absolute atomic E-state index is 0.122. The second kappa shape index (κ2) is 5.67. The van der Waals surface area contributed by atoms with Crippen molar-refractivity contribution in [3.05, 3.63) is 75.8 Å². The SMILES string of the molecule is Cc1ccc(C(=O)O)c2c1N[C@H](c1cccc(Cl)c1)[C@H]1CC=C[C@H]21. The fraction of sp³-hybridized carbons (Fsp3) is 0.250. The highest BCUT2D eigenvalue weighted by Crippen LogP contribution is 2.51. The number of hydrogen-bond donors (Lipinski definition) is 2. The summed E-state index contributed by atoms with van der Waals surface area (Å²) >= 11 is 6.18. The van der Waals surface area contributed by atoms with Crippen molar-refractivity contribution in [2.45, 2.75) is 25.3 Å². The maximum atomic E-state index is 11.7. The average molecular weight is 340 g/mol. The second-order valence-electron chi connectivity index (χ2n) is 6.55. The van der Waals surface area contributed by atoms with Crippen LogP contribution in [0.3, 0.4) is 0 Å². The van der Waals surface area contributed by atoms with Gasteiger partial charge in [-0.3, -0.25) is 0 Å². The Morgan fingerprint density at radius 1 is 1.29 bits per heavy atom. The molecule has 1 aliphatic carbocycles. The van der Waals surface area contributed by atoms with E-state index in [0.29, 0.717) is 11.5 Å². The molecule has 3 nitrogen and oxygen atoms in total. The summed E-state index contributed by atoms with van der Waals surface area (Å²) in [5.74, 6) is -0.444.